The number of carbonyl (C=O) groups is 1. The third kappa shape index (κ3) is 9.53. The van der Waals surface area contributed by atoms with Crippen molar-refractivity contribution in [1.29, 1.82) is 0 Å². The summed E-state index contributed by atoms with van der Waals surface area (Å²) in [6.07, 6.45) is 6.73. The van der Waals surface area contributed by atoms with Crippen molar-refractivity contribution >= 4 is 5.78 Å². The number of aryl methyl sites for hydroxylation is 1. The van der Waals surface area contributed by atoms with Crippen LogP contribution in [0.5, 0.6) is 0 Å². The molecule has 0 amide bonds. The average Bonchev–Trinajstić information content (AvgIpc) is 2.62. The van der Waals surface area contributed by atoms with E-state index in [0.29, 0.717) is 6.42 Å². The number of benzene rings is 1. The fourth-order valence-electron chi connectivity index (χ4n) is 3.32. The minimum atomic E-state index is -0.672. The second-order valence-corrected chi connectivity index (χ2v) is 8.72. The molecule has 1 rings (SSSR count). The van der Waals surface area contributed by atoms with E-state index >= 15 is 0 Å². The Labute approximate surface area is 167 Å². The zero-order chi connectivity index (χ0) is 20.3. The van der Waals surface area contributed by atoms with Gasteiger partial charge in [0.1, 0.15) is 5.78 Å². The summed E-state index contributed by atoms with van der Waals surface area (Å²) in [6, 6.07) is 8.16. The maximum atomic E-state index is 11.8. The monoisotopic (exact) mass is 375 g/mol. The molecular weight excluding hydrogens is 334 g/mol. The summed E-state index contributed by atoms with van der Waals surface area (Å²) < 4.78 is 0. The Morgan fingerprint density at radius 1 is 1.00 bits per heavy atom. The molecule has 0 saturated heterocycles. The molecule has 1 aromatic rings. The van der Waals surface area contributed by atoms with E-state index in [1.807, 2.05) is 12.1 Å². The van der Waals surface area contributed by atoms with E-state index < -0.39 is 6.10 Å². The largest absolute Gasteiger partial charge is 0.388 e. The smallest absolute Gasteiger partial charge is 0.135 e. The summed E-state index contributed by atoms with van der Waals surface area (Å²) in [5.41, 5.74) is 2.36. The van der Waals surface area contributed by atoms with Gasteiger partial charge in [-0.25, -0.2) is 0 Å². The lowest BCUT2D eigenvalue weighted by molar-refractivity contribution is -0.121. The predicted molar refractivity (Wildman–Crippen MR) is 115 cm³/mol. The quantitative estimate of drug-likeness (QED) is 0.480. The molecule has 0 bridgehead atoms. The molecule has 0 radical (unpaired) electrons. The number of aliphatic hydroxyl groups is 1. The Bertz CT molecular complexity index is 530. The highest BCUT2D eigenvalue weighted by Crippen LogP contribution is 2.20. The van der Waals surface area contributed by atoms with Crippen LogP contribution in [0.25, 0.3) is 0 Å². The molecule has 1 atom stereocenters. The van der Waals surface area contributed by atoms with Crippen molar-refractivity contribution < 1.29 is 9.90 Å². The van der Waals surface area contributed by atoms with Gasteiger partial charge in [0.05, 0.1) is 6.10 Å². The van der Waals surface area contributed by atoms with E-state index in [9.17, 15) is 9.90 Å². The van der Waals surface area contributed by atoms with Crippen LogP contribution >= 0.6 is 0 Å². The first-order valence-electron chi connectivity index (χ1n) is 10.8. The van der Waals surface area contributed by atoms with Crippen LogP contribution in [-0.2, 0) is 11.2 Å². The molecule has 0 aliphatic heterocycles. The summed E-state index contributed by atoms with van der Waals surface area (Å²) in [4.78, 5) is 14.4. The van der Waals surface area contributed by atoms with E-state index in [2.05, 4.69) is 51.7 Å². The summed E-state index contributed by atoms with van der Waals surface area (Å²) in [6.45, 7) is 13.5. The Balaban J connectivity index is 2.48. The number of hydrogen-bond donors (Lipinski definition) is 1. The number of hydrogen-bond acceptors (Lipinski definition) is 3. The zero-order valence-corrected chi connectivity index (χ0v) is 18.3. The van der Waals surface area contributed by atoms with Crippen LogP contribution in [0.2, 0.25) is 0 Å². The number of carbonyl (C=O) groups excluding carboxylic acids is 1. The maximum absolute atomic E-state index is 11.8. The normalized spacial score (nSPS) is 13.1. The van der Waals surface area contributed by atoms with Crippen LogP contribution in [0, 0.1) is 0 Å². The fraction of sp³-hybridized carbons (Fsp3) is 0.708. The fourth-order valence-corrected chi connectivity index (χ4v) is 3.32. The van der Waals surface area contributed by atoms with Gasteiger partial charge in [-0.05, 0) is 70.7 Å². The van der Waals surface area contributed by atoms with Gasteiger partial charge in [-0.2, -0.15) is 0 Å². The van der Waals surface area contributed by atoms with Crippen molar-refractivity contribution in [2.75, 3.05) is 13.1 Å². The van der Waals surface area contributed by atoms with Gasteiger partial charge in [0.15, 0.2) is 0 Å². The average molecular weight is 376 g/mol. The van der Waals surface area contributed by atoms with Crippen molar-refractivity contribution in [3.8, 4) is 0 Å². The Hall–Kier alpha value is -1.19. The lowest BCUT2D eigenvalue weighted by Gasteiger charge is -2.35. The molecule has 0 aliphatic rings. The first-order valence-corrected chi connectivity index (χ1v) is 10.8. The van der Waals surface area contributed by atoms with Gasteiger partial charge in [0.2, 0.25) is 0 Å². The van der Waals surface area contributed by atoms with Crippen LogP contribution in [0.4, 0.5) is 0 Å². The summed E-state index contributed by atoms with van der Waals surface area (Å²) in [5, 5.41) is 10.3. The van der Waals surface area contributed by atoms with Crippen molar-refractivity contribution in [2.24, 2.45) is 0 Å². The summed E-state index contributed by atoms with van der Waals surface area (Å²) in [7, 11) is 0. The van der Waals surface area contributed by atoms with Gasteiger partial charge >= 0.3 is 0 Å². The highest BCUT2D eigenvalue weighted by Gasteiger charge is 2.20. The second-order valence-electron chi connectivity index (χ2n) is 8.72. The molecule has 27 heavy (non-hydrogen) atoms. The molecule has 3 heteroatoms. The minimum Gasteiger partial charge on any atom is -0.388 e. The lowest BCUT2D eigenvalue weighted by atomic mass is 9.99. The molecule has 0 aliphatic carbocycles. The molecule has 0 fully saturated rings. The van der Waals surface area contributed by atoms with Crippen LogP contribution in [0.3, 0.4) is 0 Å². The highest BCUT2D eigenvalue weighted by molar-refractivity contribution is 5.79. The Morgan fingerprint density at radius 2 is 1.59 bits per heavy atom. The number of unbranched alkanes of at least 4 members (excludes halogenated alkanes) is 2. The van der Waals surface area contributed by atoms with E-state index in [-0.39, 0.29) is 17.7 Å². The van der Waals surface area contributed by atoms with Crippen molar-refractivity contribution in [2.45, 2.75) is 97.6 Å². The third-order valence-corrected chi connectivity index (χ3v) is 5.22. The maximum Gasteiger partial charge on any atom is 0.135 e. The van der Waals surface area contributed by atoms with Crippen molar-refractivity contribution in [3.63, 3.8) is 0 Å². The van der Waals surface area contributed by atoms with E-state index in [0.717, 1.165) is 44.3 Å². The molecule has 1 N–H and O–H groups in total. The summed E-state index contributed by atoms with van der Waals surface area (Å²) in [5.74, 6) is 0.155. The zero-order valence-electron chi connectivity index (χ0n) is 18.3. The van der Waals surface area contributed by atoms with Crippen molar-refractivity contribution in [1.82, 2.24) is 4.90 Å². The van der Waals surface area contributed by atoms with Gasteiger partial charge in [-0.3, -0.25) is 9.69 Å². The van der Waals surface area contributed by atoms with Gasteiger partial charge < -0.3 is 5.11 Å². The predicted octanol–water partition coefficient (Wildman–Crippen LogP) is 5.70. The van der Waals surface area contributed by atoms with Crippen LogP contribution in [0.15, 0.2) is 24.3 Å². The molecule has 0 aromatic heterocycles. The van der Waals surface area contributed by atoms with Crippen molar-refractivity contribution in [3.05, 3.63) is 35.4 Å². The topological polar surface area (TPSA) is 40.5 Å². The van der Waals surface area contributed by atoms with Crippen LogP contribution in [0.1, 0.15) is 96.8 Å². The van der Waals surface area contributed by atoms with Gasteiger partial charge in [-0.1, -0.05) is 51.0 Å². The number of nitrogens with zero attached hydrogens (tertiary/aromatic N) is 1. The molecule has 1 unspecified atom stereocenters. The van der Waals surface area contributed by atoms with E-state index in [1.54, 1.807) is 0 Å². The van der Waals surface area contributed by atoms with Crippen LogP contribution in [-0.4, -0.2) is 34.4 Å². The SMILES string of the molecule is CCCCC(=O)CC(O)c1ccc(CCCN(CCCC)C(C)(C)C)cc1. The van der Waals surface area contributed by atoms with Gasteiger partial charge in [-0.15, -0.1) is 0 Å². The first kappa shape index (κ1) is 23.8. The van der Waals surface area contributed by atoms with E-state index in [1.165, 1.54) is 18.4 Å². The Morgan fingerprint density at radius 3 is 2.15 bits per heavy atom. The third-order valence-electron chi connectivity index (χ3n) is 5.22. The van der Waals surface area contributed by atoms with E-state index in [4.69, 9.17) is 0 Å². The molecule has 1 aromatic carbocycles. The molecular formula is C24H41NO2. The number of aliphatic hydroxyl groups excluding tert-OH is 1. The molecule has 0 heterocycles. The van der Waals surface area contributed by atoms with Gasteiger partial charge in [0, 0.05) is 18.4 Å². The lowest BCUT2D eigenvalue weighted by Crippen LogP contribution is -2.42. The second kappa shape index (κ2) is 12.3. The molecule has 3 nitrogen and oxygen atoms in total. The minimum absolute atomic E-state index is 0.155. The summed E-state index contributed by atoms with van der Waals surface area (Å²) >= 11 is 0. The van der Waals surface area contributed by atoms with Crippen LogP contribution < -0.4 is 0 Å². The standard InChI is InChI=1S/C24H41NO2/c1-6-8-12-22(26)19-23(27)21-15-13-20(14-16-21)11-10-18-25(17-9-7-2)24(3,4)5/h13-16,23,27H,6-12,17-19H2,1-5H3. The molecule has 0 spiro atoms. The van der Waals surface area contributed by atoms with Gasteiger partial charge in [0.25, 0.3) is 0 Å². The highest BCUT2D eigenvalue weighted by atomic mass is 16.3. The first-order chi connectivity index (χ1) is 12.8. The number of rotatable bonds is 13. The molecule has 154 valence electrons. The number of Topliss-reactive ketones (excluding diaryl/α,β-unsaturated/α-hetero) is 1. The Kier molecular flexibility index (Phi) is 10.9. The molecule has 0 saturated carbocycles. The number of ketones is 1.